The first-order valence-corrected chi connectivity index (χ1v) is 8.82. The van der Waals surface area contributed by atoms with E-state index in [4.69, 9.17) is 25.7 Å². The van der Waals surface area contributed by atoms with Crippen LogP contribution in [0.5, 0.6) is 17.2 Å². The number of nitrogens with two attached hydrogens (primary N) is 2. The zero-order valence-corrected chi connectivity index (χ0v) is 16.2. The van der Waals surface area contributed by atoms with Crippen LogP contribution < -0.4 is 25.7 Å². The Labute approximate surface area is 155 Å². The molecule has 1 fully saturated rings. The van der Waals surface area contributed by atoms with Gasteiger partial charge in [0.25, 0.3) is 0 Å². The monoisotopic (exact) mass is 365 g/mol. The fraction of sp³-hybridized carbons (Fsp3) is 0.611. The van der Waals surface area contributed by atoms with Crippen LogP contribution in [0.15, 0.2) is 17.1 Å². The molecule has 1 saturated heterocycles. The number of benzene rings is 1. The Morgan fingerprint density at radius 2 is 1.69 bits per heavy atom. The highest BCUT2D eigenvalue weighted by molar-refractivity contribution is 5.75. The molecule has 0 radical (unpaired) electrons. The topological polar surface area (TPSA) is 98.6 Å². The van der Waals surface area contributed by atoms with Crippen molar-refractivity contribution in [2.24, 2.45) is 16.5 Å². The fourth-order valence-electron chi connectivity index (χ4n) is 3.30. The lowest BCUT2D eigenvalue weighted by molar-refractivity contribution is 0.212. The molecule has 26 heavy (non-hydrogen) atoms. The minimum Gasteiger partial charge on any atom is -0.493 e. The highest BCUT2D eigenvalue weighted by Crippen LogP contribution is 2.38. The van der Waals surface area contributed by atoms with Crippen molar-refractivity contribution in [3.63, 3.8) is 0 Å². The SMILES string of the molecule is COc1cc(CN2CCCN(C(C)N=C(N)N)CC2)cc(OC)c1OC. The van der Waals surface area contributed by atoms with E-state index in [0.29, 0.717) is 17.2 Å². The van der Waals surface area contributed by atoms with Crippen LogP contribution in [0.25, 0.3) is 0 Å². The first kappa shape index (κ1) is 20.1. The molecule has 0 spiro atoms. The summed E-state index contributed by atoms with van der Waals surface area (Å²) < 4.78 is 16.3. The maximum atomic E-state index is 5.50. The van der Waals surface area contributed by atoms with Crippen molar-refractivity contribution in [3.05, 3.63) is 17.7 Å². The van der Waals surface area contributed by atoms with Gasteiger partial charge in [0.1, 0.15) is 6.17 Å². The number of methoxy groups -OCH3 is 3. The Morgan fingerprint density at radius 1 is 1.04 bits per heavy atom. The normalized spacial score (nSPS) is 17.2. The molecular weight excluding hydrogens is 334 g/mol. The van der Waals surface area contributed by atoms with Gasteiger partial charge >= 0.3 is 0 Å². The lowest BCUT2D eigenvalue weighted by atomic mass is 10.1. The maximum Gasteiger partial charge on any atom is 0.203 e. The second kappa shape index (κ2) is 9.49. The van der Waals surface area contributed by atoms with Crippen LogP contribution in [0.2, 0.25) is 0 Å². The van der Waals surface area contributed by atoms with Crippen molar-refractivity contribution in [2.75, 3.05) is 47.5 Å². The van der Waals surface area contributed by atoms with Crippen LogP contribution in [0.1, 0.15) is 18.9 Å². The summed E-state index contributed by atoms with van der Waals surface area (Å²) in [5.74, 6) is 2.11. The Hall–Kier alpha value is -2.19. The lowest BCUT2D eigenvalue weighted by Crippen LogP contribution is -2.38. The van der Waals surface area contributed by atoms with Gasteiger partial charge in [-0.25, -0.2) is 4.99 Å². The molecule has 4 N–H and O–H groups in total. The molecule has 1 heterocycles. The van der Waals surface area contributed by atoms with Gasteiger partial charge in [0.15, 0.2) is 17.5 Å². The van der Waals surface area contributed by atoms with Gasteiger partial charge in [-0.3, -0.25) is 9.80 Å². The minimum absolute atomic E-state index is 0.00104. The molecule has 1 aromatic carbocycles. The number of aliphatic imine (C=N–C) groups is 1. The van der Waals surface area contributed by atoms with Gasteiger partial charge in [-0.05, 0) is 37.6 Å². The maximum absolute atomic E-state index is 5.50. The van der Waals surface area contributed by atoms with E-state index in [1.165, 1.54) is 0 Å². The third kappa shape index (κ3) is 5.15. The quantitative estimate of drug-likeness (QED) is 0.546. The largest absolute Gasteiger partial charge is 0.493 e. The number of hydrogen-bond donors (Lipinski definition) is 2. The van der Waals surface area contributed by atoms with E-state index in [9.17, 15) is 0 Å². The van der Waals surface area contributed by atoms with Gasteiger partial charge in [0, 0.05) is 26.2 Å². The van der Waals surface area contributed by atoms with Crippen LogP contribution in [-0.2, 0) is 6.54 Å². The van der Waals surface area contributed by atoms with Gasteiger partial charge in [-0.15, -0.1) is 0 Å². The standard InChI is InChI=1S/C18H31N5O3/c1-13(21-18(19)20)23-7-5-6-22(8-9-23)12-14-10-15(24-2)17(26-4)16(11-14)25-3/h10-11,13H,5-9,12H2,1-4H3,(H4,19,20,21). The number of guanidine groups is 1. The van der Waals surface area contributed by atoms with Gasteiger partial charge in [0.2, 0.25) is 5.75 Å². The molecule has 0 amide bonds. The molecule has 0 bridgehead atoms. The van der Waals surface area contributed by atoms with Crippen LogP contribution in [0.4, 0.5) is 0 Å². The molecule has 1 aromatic rings. The van der Waals surface area contributed by atoms with E-state index >= 15 is 0 Å². The zero-order valence-electron chi connectivity index (χ0n) is 16.2. The minimum atomic E-state index is 0.00104. The second-order valence-electron chi connectivity index (χ2n) is 6.39. The first-order valence-electron chi connectivity index (χ1n) is 8.82. The smallest absolute Gasteiger partial charge is 0.203 e. The third-order valence-electron chi connectivity index (χ3n) is 4.62. The first-order chi connectivity index (χ1) is 12.5. The Morgan fingerprint density at radius 3 is 2.23 bits per heavy atom. The molecule has 1 atom stereocenters. The van der Waals surface area contributed by atoms with Crippen LogP contribution >= 0.6 is 0 Å². The van der Waals surface area contributed by atoms with Crippen molar-refractivity contribution < 1.29 is 14.2 Å². The Bertz CT molecular complexity index is 594. The van der Waals surface area contributed by atoms with Crippen molar-refractivity contribution in [1.82, 2.24) is 9.80 Å². The lowest BCUT2D eigenvalue weighted by Gasteiger charge is -2.25. The molecule has 1 aliphatic rings. The molecule has 1 aliphatic heterocycles. The molecule has 8 nitrogen and oxygen atoms in total. The average Bonchev–Trinajstić information content (AvgIpc) is 2.85. The molecule has 0 aliphatic carbocycles. The number of nitrogens with zero attached hydrogens (tertiary/aromatic N) is 3. The summed E-state index contributed by atoms with van der Waals surface area (Å²) in [6.07, 6.45) is 1.07. The summed E-state index contributed by atoms with van der Waals surface area (Å²) in [5.41, 5.74) is 12.1. The van der Waals surface area contributed by atoms with Gasteiger partial charge in [-0.2, -0.15) is 0 Å². The van der Waals surface area contributed by atoms with Crippen LogP contribution in [-0.4, -0.2) is 69.4 Å². The van der Waals surface area contributed by atoms with Gasteiger partial charge < -0.3 is 25.7 Å². The Kier molecular flexibility index (Phi) is 7.35. The molecule has 2 rings (SSSR count). The second-order valence-corrected chi connectivity index (χ2v) is 6.39. The number of ether oxygens (including phenoxy) is 3. The van der Waals surface area contributed by atoms with Crippen molar-refractivity contribution in [1.29, 1.82) is 0 Å². The van der Waals surface area contributed by atoms with Crippen molar-refractivity contribution in [2.45, 2.75) is 26.1 Å². The molecule has 146 valence electrons. The Balaban J connectivity index is 2.06. The predicted octanol–water partition coefficient (Wildman–Crippen LogP) is 0.840. The highest BCUT2D eigenvalue weighted by Gasteiger charge is 2.20. The molecule has 1 unspecified atom stereocenters. The summed E-state index contributed by atoms with van der Waals surface area (Å²) in [4.78, 5) is 8.97. The van der Waals surface area contributed by atoms with Gasteiger partial charge in [-0.1, -0.05) is 0 Å². The van der Waals surface area contributed by atoms with E-state index in [1.54, 1.807) is 21.3 Å². The summed E-state index contributed by atoms with van der Waals surface area (Å²) in [5, 5.41) is 0. The molecule has 8 heteroatoms. The average molecular weight is 365 g/mol. The highest BCUT2D eigenvalue weighted by atomic mass is 16.5. The van der Waals surface area contributed by atoms with E-state index in [1.807, 2.05) is 19.1 Å². The van der Waals surface area contributed by atoms with E-state index in [0.717, 1.165) is 44.7 Å². The molecule has 0 saturated carbocycles. The van der Waals surface area contributed by atoms with Crippen LogP contribution in [0, 0.1) is 0 Å². The summed E-state index contributed by atoms with van der Waals surface area (Å²) in [7, 11) is 4.88. The van der Waals surface area contributed by atoms with Crippen LogP contribution in [0.3, 0.4) is 0 Å². The summed E-state index contributed by atoms with van der Waals surface area (Å²) in [6, 6.07) is 4.01. The van der Waals surface area contributed by atoms with Crippen molar-refractivity contribution in [3.8, 4) is 17.2 Å². The van der Waals surface area contributed by atoms with E-state index in [-0.39, 0.29) is 12.1 Å². The van der Waals surface area contributed by atoms with Crippen molar-refractivity contribution >= 4 is 5.96 Å². The fourth-order valence-corrected chi connectivity index (χ4v) is 3.30. The summed E-state index contributed by atoms with van der Waals surface area (Å²) in [6.45, 7) is 6.70. The van der Waals surface area contributed by atoms with E-state index < -0.39 is 0 Å². The number of rotatable bonds is 7. The summed E-state index contributed by atoms with van der Waals surface area (Å²) >= 11 is 0. The zero-order chi connectivity index (χ0) is 19.1. The number of hydrogen-bond acceptors (Lipinski definition) is 6. The molecule has 0 aromatic heterocycles. The third-order valence-corrected chi connectivity index (χ3v) is 4.62. The molecular formula is C18H31N5O3. The van der Waals surface area contributed by atoms with E-state index in [2.05, 4.69) is 14.8 Å². The van der Waals surface area contributed by atoms with Gasteiger partial charge in [0.05, 0.1) is 21.3 Å². The predicted molar refractivity (Wildman–Crippen MR) is 103 cm³/mol.